The second-order valence-electron chi connectivity index (χ2n) is 7.72. The van der Waals surface area contributed by atoms with Crippen molar-refractivity contribution in [2.24, 2.45) is 5.92 Å². The zero-order valence-corrected chi connectivity index (χ0v) is 18.0. The van der Waals surface area contributed by atoms with Crippen LogP contribution < -0.4 is 20.8 Å². The van der Waals surface area contributed by atoms with Crippen molar-refractivity contribution in [3.63, 3.8) is 0 Å². The van der Waals surface area contributed by atoms with Gasteiger partial charge in [-0.25, -0.2) is 0 Å². The van der Waals surface area contributed by atoms with Gasteiger partial charge in [-0.05, 0) is 31.6 Å². The second-order valence-corrected chi connectivity index (χ2v) is 8.72. The number of methoxy groups -OCH3 is 1. The molecule has 0 spiro atoms. The van der Waals surface area contributed by atoms with E-state index in [0.717, 1.165) is 25.7 Å². The average molecular weight is 437 g/mol. The minimum absolute atomic E-state index is 0.0366. The first-order chi connectivity index (χ1) is 14.4. The summed E-state index contributed by atoms with van der Waals surface area (Å²) in [5.74, 6) is 1.24. The van der Waals surface area contributed by atoms with Crippen molar-refractivity contribution in [1.82, 2.24) is 20.5 Å². The summed E-state index contributed by atoms with van der Waals surface area (Å²) in [6.45, 7) is 2.07. The van der Waals surface area contributed by atoms with Crippen molar-refractivity contribution < 1.29 is 19.1 Å². The zero-order valence-electron chi connectivity index (χ0n) is 17.2. The molecule has 3 amide bonds. The van der Waals surface area contributed by atoms with Crippen molar-refractivity contribution in [2.45, 2.75) is 44.7 Å². The fourth-order valence-corrected chi connectivity index (χ4v) is 5.07. The number of rotatable bonds is 6. The summed E-state index contributed by atoms with van der Waals surface area (Å²) >= 11 is 1.59. The molecule has 0 aromatic carbocycles. The molecule has 0 unspecified atom stereocenters. The van der Waals surface area contributed by atoms with Gasteiger partial charge in [-0.15, -0.1) is 11.8 Å². The minimum Gasteiger partial charge on any atom is -0.491 e. The van der Waals surface area contributed by atoms with Gasteiger partial charge in [-0.2, -0.15) is 0 Å². The molecule has 2 fully saturated rings. The molecule has 3 N–H and O–H groups in total. The lowest BCUT2D eigenvalue weighted by Crippen LogP contribution is -2.48. The van der Waals surface area contributed by atoms with E-state index in [4.69, 9.17) is 4.74 Å². The van der Waals surface area contributed by atoms with E-state index in [1.165, 1.54) is 26.3 Å². The van der Waals surface area contributed by atoms with E-state index in [-0.39, 0.29) is 46.7 Å². The van der Waals surface area contributed by atoms with Crippen LogP contribution in [0.4, 0.5) is 0 Å². The van der Waals surface area contributed by atoms with Gasteiger partial charge in [-0.1, -0.05) is 0 Å². The maximum atomic E-state index is 12.4. The molecular formula is C20H28N4O5S. The molecule has 1 atom stereocenters. The molecule has 1 aliphatic heterocycles. The number of amides is 3. The van der Waals surface area contributed by atoms with E-state index in [2.05, 4.69) is 15.6 Å². The second kappa shape index (κ2) is 10.0. The molecule has 10 heteroatoms. The van der Waals surface area contributed by atoms with Crippen molar-refractivity contribution >= 4 is 29.5 Å². The van der Waals surface area contributed by atoms with Crippen LogP contribution in [0.2, 0.25) is 0 Å². The number of hydrogen-bond donors (Lipinski definition) is 3. The summed E-state index contributed by atoms with van der Waals surface area (Å²) in [7, 11) is 1.40. The van der Waals surface area contributed by atoms with Crippen molar-refractivity contribution in [3.05, 3.63) is 28.2 Å². The van der Waals surface area contributed by atoms with E-state index in [1.807, 2.05) is 0 Å². The van der Waals surface area contributed by atoms with Gasteiger partial charge >= 0.3 is 0 Å². The van der Waals surface area contributed by atoms with Crippen LogP contribution in [0.3, 0.4) is 0 Å². The largest absolute Gasteiger partial charge is 0.491 e. The number of carbonyl (C=O) groups excluding carboxylic acids is 3. The highest BCUT2D eigenvalue weighted by Gasteiger charge is 2.33. The maximum Gasteiger partial charge on any atom is 0.268 e. The molecule has 1 aromatic heterocycles. The van der Waals surface area contributed by atoms with Gasteiger partial charge in [0.1, 0.15) is 11.7 Å². The predicted octanol–water partition coefficient (Wildman–Crippen LogP) is 0.710. The van der Waals surface area contributed by atoms with E-state index in [1.54, 1.807) is 16.7 Å². The molecule has 1 aromatic rings. The fraction of sp³-hybridized carbons (Fsp3) is 0.600. The summed E-state index contributed by atoms with van der Waals surface area (Å²) in [6.07, 6.45) is 4.78. The Labute approximate surface area is 179 Å². The fourth-order valence-electron chi connectivity index (χ4n) is 3.86. The highest BCUT2D eigenvalue weighted by Crippen LogP contribution is 2.25. The van der Waals surface area contributed by atoms with Gasteiger partial charge < -0.3 is 25.3 Å². The summed E-state index contributed by atoms with van der Waals surface area (Å²) < 4.78 is 4.91. The highest BCUT2D eigenvalue weighted by molar-refractivity contribution is 7.99. The Morgan fingerprint density at radius 2 is 2.00 bits per heavy atom. The normalized spacial score (nSPS) is 23.7. The summed E-state index contributed by atoms with van der Waals surface area (Å²) in [4.78, 5) is 52.6. The van der Waals surface area contributed by atoms with Crippen molar-refractivity contribution in [3.8, 4) is 5.75 Å². The first-order valence-electron chi connectivity index (χ1n) is 10.1. The molecule has 2 aliphatic rings. The Morgan fingerprint density at radius 3 is 2.63 bits per heavy atom. The molecule has 1 aliphatic carbocycles. The van der Waals surface area contributed by atoms with E-state index in [9.17, 15) is 19.2 Å². The zero-order chi connectivity index (χ0) is 21.7. The molecule has 1 saturated heterocycles. The number of pyridine rings is 1. The van der Waals surface area contributed by atoms with Crippen LogP contribution in [0.25, 0.3) is 0 Å². The van der Waals surface area contributed by atoms with Gasteiger partial charge in [0.15, 0.2) is 5.75 Å². The molecule has 0 bridgehead atoms. The standard InChI is InChI=1S/C20H28N4O5S/c1-12(25)24-11-30-10-16(24)20(28)22-8-13-3-5-14(6-4-13)23-19(27)15-7-17(26)18(29-2)9-21-15/h7,9,13-14,16H,3-6,8,10-11H2,1-2H3,(H,21,26)(H,22,28)(H,23,27)/t13?,14?,16-/m1/s1. The van der Waals surface area contributed by atoms with E-state index >= 15 is 0 Å². The number of aromatic amines is 1. The number of hydrogen-bond acceptors (Lipinski definition) is 6. The topological polar surface area (TPSA) is 121 Å². The molecular weight excluding hydrogens is 408 g/mol. The average Bonchev–Trinajstić information content (AvgIpc) is 3.23. The maximum absolute atomic E-state index is 12.4. The van der Waals surface area contributed by atoms with E-state index < -0.39 is 0 Å². The smallest absolute Gasteiger partial charge is 0.268 e. The summed E-state index contributed by atoms with van der Waals surface area (Å²) in [5.41, 5.74) is -0.135. The highest BCUT2D eigenvalue weighted by atomic mass is 32.2. The van der Waals surface area contributed by atoms with Crippen molar-refractivity contribution in [2.75, 3.05) is 25.3 Å². The van der Waals surface area contributed by atoms with Crippen molar-refractivity contribution in [1.29, 1.82) is 0 Å². The Hall–Kier alpha value is -2.49. The third-order valence-corrected chi connectivity index (χ3v) is 6.69. The van der Waals surface area contributed by atoms with Gasteiger partial charge in [-0.3, -0.25) is 19.2 Å². The number of nitrogens with zero attached hydrogens (tertiary/aromatic N) is 1. The van der Waals surface area contributed by atoms with Crippen LogP contribution in [0, 0.1) is 5.92 Å². The van der Waals surface area contributed by atoms with E-state index in [0.29, 0.717) is 24.1 Å². The van der Waals surface area contributed by atoms with Gasteiger partial charge in [0, 0.05) is 37.5 Å². The molecule has 3 rings (SSSR count). The third kappa shape index (κ3) is 5.35. The number of ether oxygens (including phenoxy) is 1. The number of thioether (sulfide) groups is 1. The predicted molar refractivity (Wildman–Crippen MR) is 113 cm³/mol. The van der Waals surface area contributed by atoms with Crippen LogP contribution in [0.15, 0.2) is 17.1 Å². The monoisotopic (exact) mass is 436 g/mol. The molecule has 1 saturated carbocycles. The number of nitrogens with one attached hydrogen (secondary N) is 3. The quantitative estimate of drug-likeness (QED) is 0.604. The first kappa shape index (κ1) is 22.2. The SMILES string of the molecule is COc1c[nH]c(C(=O)NC2CCC(CNC(=O)[C@H]3CSCN3C(C)=O)CC2)cc1=O. The molecule has 0 radical (unpaired) electrons. The summed E-state index contributed by atoms with van der Waals surface area (Å²) in [5, 5.41) is 5.96. The van der Waals surface area contributed by atoms with Crippen LogP contribution in [-0.2, 0) is 9.59 Å². The van der Waals surface area contributed by atoms with Crippen LogP contribution in [0.5, 0.6) is 5.75 Å². The molecule has 164 valence electrons. The van der Waals surface area contributed by atoms with Gasteiger partial charge in [0.05, 0.1) is 13.0 Å². The lowest BCUT2D eigenvalue weighted by atomic mass is 9.86. The number of carbonyl (C=O) groups is 3. The van der Waals surface area contributed by atoms with Crippen LogP contribution in [-0.4, -0.2) is 65.0 Å². The lowest BCUT2D eigenvalue weighted by molar-refractivity contribution is -0.136. The van der Waals surface area contributed by atoms with Crippen LogP contribution >= 0.6 is 11.8 Å². The van der Waals surface area contributed by atoms with Crippen LogP contribution in [0.1, 0.15) is 43.1 Å². The van der Waals surface area contributed by atoms with Gasteiger partial charge in [0.25, 0.3) is 5.91 Å². The Balaban J connectivity index is 1.42. The molecule has 9 nitrogen and oxygen atoms in total. The van der Waals surface area contributed by atoms with Gasteiger partial charge in [0.2, 0.25) is 17.2 Å². The first-order valence-corrected chi connectivity index (χ1v) is 11.2. The Kier molecular flexibility index (Phi) is 7.41. The third-order valence-electron chi connectivity index (χ3n) is 5.68. The lowest BCUT2D eigenvalue weighted by Gasteiger charge is -2.30. The summed E-state index contributed by atoms with van der Waals surface area (Å²) in [6, 6.07) is 0.894. The molecule has 30 heavy (non-hydrogen) atoms. The number of aromatic nitrogens is 1. The number of H-pyrrole nitrogens is 1. The Bertz CT molecular complexity index is 850. The minimum atomic E-state index is -0.380. The molecule has 2 heterocycles. The Morgan fingerprint density at radius 1 is 1.27 bits per heavy atom.